The molecule has 196 valence electrons. The van der Waals surface area contributed by atoms with Crippen LogP contribution in [0.1, 0.15) is 24.8 Å². The van der Waals surface area contributed by atoms with Gasteiger partial charge in [0, 0.05) is 31.3 Å². The maximum atomic E-state index is 14.4. The monoisotopic (exact) mass is 534 g/mol. The van der Waals surface area contributed by atoms with Gasteiger partial charge in [-0.25, -0.2) is 4.39 Å². The van der Waals surface area contributed by atoms with Crippen molar-refractivity contribution in [3.05, 3.63) is 47.5 Å². The number of methoxy groups -OCH3 is 1. The van der Waals surface area contributed by atoms with Crippen molar-refractivity contribution in [1.82, 2.24) is 0 Å². The van der Waals surface area contributed by atoms with Crippen LogP contribution in [0.2, 0.25) is 0 Å². The topological polar surface area (TPSA) is 91.3 Å². The number of hydrogen-bond acceptors (Lipinski definition) is 7. The highest BCUT2D eigenvalue weighted by Crippen LogP contribution is 2.59. The van der Waals surface area contributed by atoms with E-state index >= 15 is 0 Å². The Kier molecular flexibility index (Phi) is 8.01. The molecule has 2 aromatic carbocycles. The van der Waals surface area contributed by atoms with E-state index in [0.717, 1.165) is 26.2 Å². The number of nitrogens with zero attached hydrogens (tertiary/aromatic N) is 1. The summed E-state index contributed by atoms with van der Waals surface area (Å²) in [6.45, 7) is 0.959. The zero-order valence-corrected chi connectivity index (χ0v) is 20.5. The second kappa shape index (κ2) is 10.3. The zero-order valence-electron chi connectivity index (χ0n) is 19.7. The number of nitrogens with one attached hydrogen (secondary N) is 1. The van der Waals surface area contributed by atoms with Crippen molar-refractivity contribution in [2.24, 2.45) is 0 Å². The molecule has 0 radical (unpaired) electrons. The molecule has 0 bridgehead atoms. The number of benzene rings is 2. The molecular weight excluding hydrogens is 510 g/mol. The van der Waals surface area contributed by atoms with Crippen LogP contribution in [-0.4, -0.2) is 60.7 Å². The number of carbonyl (C=O) groups is 1. The molecule has 1 saturated heterocycles. The average molecular weight is 534 g/mol. The van der Waals surface area contributed by atoms with Crippen LogP contribution >= 0.6 is 11.8 Å². The summed E-state index contributed by atoms with van der Waals surface area (Å²) in [4.78, 5) is 14.8. The van der Waals surface area contributed by atoms with E-state index < -0.39 is 59.1 Å². The molecule has 3 rings (SSSR count). The summed E-state index contributed by atoms with van der Waals surface area (Å²) in [7, 11) is 2.23. The molecule has 1 aliphatic heterocycles. The highest BCUT2D eigenvalue weighted by molar-refractivity contribution is 8.02. The van der Waals surface area contributed by atoms with Crippen LogP contribution in [0.3, 0.4) is 0 Å². The number of rotatable bonds is 7. The highest BCUT2D eigenvalue weighted by Gasteiger charge is 2.60. The molecule has 0 spiro atoms. The predicted octanol–water partition coefficient (Wildman–Crippen LogP) is 3.94. The molecule has 1 amide bonds. The maximum absolute atomic E-state index is 14.4. The van der Waals surface area contributed by atoms with Gasteiger partial charge < -0.3 is 29.7 Å². The van der Waals surface area contributed by atoms with Crippen LogP contribution in [0.4, 0.5) is 33.3 Å². The van der Waals surface area contributed by atoms with Gasteiger partial charge in [0.1, 0.15) is 10.5 Å². The molecular formula is C22H24BF5N2O5S. The second-order valence-corrected chi connectivity index (χ2v) is 10.2. The molecule has 7 nitrogen and oxygen atoms in total. The Labute approximate surface area is 208 Å². The Morgan fingerprint density at radius 2 is 1.89 bits per heavy atom. The number of hydrogen-bond donors (Lipinski definition) is 3. The minimum atomic E-state index is -4.68. The summed E-state index contributed by atoms with van der Waals surface area (Å²) in [5.74, 6) is -4.98. The van der Waals surface area contributed by atoms with Crippen LogP contribution < -0.4 is 19.6 Å². The molecule has 1 fully saturated rings. The summed E-state index contributed by atoms with van der Waals surface area (Å²) < 4.78 is 77.5. The van der Waals surface area contributed by atoms with E-state index in [1.165, 1.54) is 18.2 Å². The Morgan fingerprint density at radius 1 is 1.22 bits per heavy atom. The predicted molar refractivity (Wildman–Crippen MR) is 126 cm³/mol. The third kappa shape index (κ3) is 5.50. The van der Waals surface area contributed by atoms with Gasteiger partial charge in [0.15, 0.2) is 11.6 Å². The zero-order chi connectivity index (χ0) is 27.0. The Balaban J connectivity index is 1.99. The normalized spacial score (nSPS) is 21.8. The molecule has 0 aliphatic carbocycles. The maximum Gasteiger partial charge on any atom is 0.707 e. The van der Waals surface area contributed by atoms with Crippen molar-refractivity contribution in [2.75, 3.05) is 31.4 Å². The van der Waals surface area contributed by atoms with Gasteiger partial charge in [-0.15, -0.1) is 11.8 Å². The molecule has 1 heterocycles. The van der Waals surface area contributed by atoms with E-state index in [-0.39, 0.29) is 17.0 Å². The van der Waals surface area contributed by atoms with Crippen molar-refractivity contribution in [1.29, 1.82) is 0 Å². The largest absolute Gasteiger partial charge is 0.707 e. The van der Waals surface area contributed by atoms with Crippen LogP contribution in [0.25, 0.3) is 0 Å². The van der Waals surface area contributed by atoms with Crippen molar-refractivity contribution in [2.45, 2.75) is 35.4 Å². The van der Waals surface area contributed by atoms with Gasteiger partial charge in [0.05, 0.1) is 18.0 Å². The number of alkyl halides is 3. The second-order valence-electron chi connectivity index (χ2n) is 8.57. The van der Waals surface area contributed by atoms with E-state index in [2.05, 4.69) is 5.32 Å². The van der Waals surface area contributed by atoms with Crippen LogP contribution in [0.15, 0.2) is 30.3 Å². The van der Waals surface area contributed by atoms with E-state index in [9.17, 15) is 26.7 Å². The van der Waals surface area contributed by atoms with Crippen LogP contribution in [0, 0.1) is 11.6 Å². The molecule has 14 heteroatoms. The number of thioether (sulfide) groups is 1. The Morgan fingerprint density at radius 3 is 2.44 bits per heavy atom. The summed E-state index contributed by atoms with van der Waals surface area (Å²) in [5.41, 5.74) is 0.492. The smallest absolute Gasteiger partial charge is 0.510 e. The van der Waals surface area contributed by atoms with Gasteiger partial charge >= 0.3 is 13.5 Å². The lowest BCUT2D eigenvalue weighted by atomic mass is 9.85. The average Bonchev–Trinajstić information content (AvgIpc) is 3.15. The fraction of sp³-hybridized carbons (Fsp3) is 0.409. The quantitative estimate of drug-likeness (QED) is 0.366. The summed E-state index contributed by atoms with van der Waals surface area (Å²) in [5, 5.41) is 19.4. The summed E-state index contributed by atoms with van der Waals surface area (Å²) in [6, 6.07) is 6.07. The number of anilines is 2. The van der Waals surface area contributed by atoms with Gasteiger partial charge in [-0.1, -0.05) is 6.07 Å². The molecule has 36 heavy (non-hydrogen) atoms. The van der Waals surface area contributed by atoms with E-state index in [1.54, 1.807) is 19.0 Å². The van der Waals surface area contributed by atoms with E-state index in [4.69, 9.17) is 19.4 Å². The first kappa shape index (κ1) is 27.9. The van der Waals surface area contributed by atoms with Gasteiger partial charge in [-0.3, -0.25) is 4.79 Å². The van der Waals surface area contributed by atoms with Crippen molar-refractivity contribution < 1.29 is 46.2 Å². The number of amides is 1. The highest BCUT2D eigenvalue weighted by atomic mass is 32.2. The Hall–Kier alpha value is -2.71. The fourth-order valence-electron chi connectivity index (χ4n) is 4.05. The minimum absolute atomic E-state index is 0.0494. The van der Waals surface area contributed by atoms with E-state index in [1.807, 2.05) is 0 Å². The van der Waals surface area contributed by atoms with Crippen LogP contribution in [0.5, 0.6) is 11.5 Å². The molecule has 2 aromatic rings. The number of halogens is 5. The Bertz CT molecular complexity index is 1140. The third-order valence-corrected chi connectivity index (χ3v) is 7.56. The lowest BCUT2D eigenvalue weighted by Gasteiger charge is -2.26. The summed E-state index contributed by atoms with van der Waals surface area (Å²) >= 11 is 0.392. The standard InChI is InChI=1S/C22H24BF5N2O5S/c1-21(22(26,27)28)10-13(12-6-7-14(24)17(25)18(12)34-4)19(36-21)20(31)29-11-5-8-16(35-23(32)33)15(9-11)30(2)3/h5-9,13,19,32-33H,10H2,1-4H3,(H,29,31). The van der Waals surface area contributed by atoms with Gasteiger partial charge in [-0.05, 0) is 37.6 Å². The minimum Gasteiger partial charge on any atom is -0.510 e. The lowest BCUT2D eigenvalue weighted by molar-refractivity contribution is -0.155. The molecule has 1 aliphatic rings. The molecule has 0 aromatic heterocycles. The van der Waals surface area contributed by atoms with E-state index in [0.29, 0.717) is 17.4 Å². The van der Waals surface area contributed by atoms with Crippen molar-refractivity contribution in [3.8, 4) is 11.5 Å². The van der Waals surface area contributed by atoms with Gasteiger partial charge in [-0.2, -0.15) is 17.6 Å². The third-order valence-electron chi connectivity index (χ3n) is 5.84. The first-order valence-corrected chi connectivity index (χ1v) is 11.5. The van der Waals surface area contributed by atoms with Crippen molar-refractivity contribution in [3.63, 3.8) is 0 Å². The first-order valence-electron chi connectivity index (χ1n) is 10.6. The lowest BCUT2D eigenvalue weighted by Crippen LogP contribution is -2.37. The first-order chi connectivity index (χ1) is 16.7. The molecule has 3 unspecified atom stereocenters. The van der Waals surface area contributed by atoms with Crippen LogP contribution in [-0.2, 0) is 4.79 Å². The van der Waals surface area contributed by atoms with Crippen molar-refractivity contribution >= 4 is 36.4 Å². The number of ether oxygens (including phenoxy) is 1. The number of carbonyl (C=O) groups excluding carboxylic acids is 1. The fourth-order valence-corrected chi connectivity index (χ4v) is 5.59. The molecule has 0 saturated carbocycles. The molecule has 3 N–H and O–H groups in total. The SMILES string of the molecule is COc1c(C2CC(C)(C(F)(F)F)SC2C(=O)Nc2ccc(OB(O)O)c(N(C)C)c2)ccc(F)c1F. The van der Waals surface area contributed by atoms with Gasteiger partial charge in [0.25, 0.3) is 0 Å². The summed E-state index contributed by atoms with van der Waals surface area (Å²) in [6.07, 6.45) is -5.25. The molecule has 3 atom stereocenters. The van der Waals surface area contributed by atoms with Gasteiger partial charge in [0.2, 0.25) is 11.7 Å².